The number of amides is 1. The standard InChI is InChI=1S/C28H35NO6/c1-14-9-8-12-17-23-27(4,35-23)15(2)19-18(13-16-10-6-5-7-11-16)29-25(32)28(17,19)22(31)20-24(34-20)26(3,33)21(14)30/h5-8,10-12,14-15,17-20,22-24,31,33H,9,13H2,1-4H3,(H,29,32)/b12-8+/t14-,15?,17-,18-,19?,20-,22+,23-,24+,26-,27+,28-/m0/s1. The van der Waals surface area contributed by atoms with Gasteiger partial charge >= 0.3 is 0 Å². The lowest BCUT2D eigenvalue weighted by atomic mass is 9.50. The van der Waals surface area contributed by atoms with E-state index in [9.17, 15) is 19.8 Å². The number of fused-ring (bicyclic) bond motifs is 3. The van der Waals surface area contributed by atoms with Crippen LogP contribution in [0.2, 0.25) is 0 Å². The number of aliphatic hydroxyl groups excluding tert-OH is 1. The second-order valence-electron chi connectivity index (χ2n) is 11.8. The summed E-state index contributed by atoms with van der Waals surface area (Å²) >= 11 is 0. The summed E-state index contributed by atoms with van der Waals surface area (Å²) in [6.45, 7) is 7.49. The Morgan fingerprint density at radius 3 is 2.54 bits per heavy atom. The molecule has 0 aromatic heterocycles. The SMILES string of the molecule is CC1C2[C@H](Cc3ccccc3)NC(=O)[C@]23[C@H](O)[C@@H]2O[C@H]2[C@@](C)(O)C(=O)[C@@H](C)C/C=C/[C@H]3[C@@H]2O[C@]12C. The quantitative estimate of drug-likeness (QED) is 0.439. The van der Waals surface area contributed by atoms with E-state index in [2.05, 4.69) is 31.3 Å². The van der Waals surface area contributed by atoms with Crippen LogP contribution in [0.15, 0.2) is 42.5 Å². The lowest BCUT2D eigenvalue weighted by Crippen LogP contribution is -2.61. The van der Waals surface area contributed by atoms with Crippen LogP contribution in [0.3, 0.4) is 0 Å². The van der Waals surface area contributed by atoms with Crippen LogP contribution in [0, 0.1) is 29.1 Å². The fraction of sp³-hybridized carbons (Fsp3) is 0.643. The summed E-state index contributed by atoms with van der Waals surface area (Å²) in [4.78, 5) is 27.1. The molecule has 3 aliphatic heterocycles. The fourth-order valence-corrected chi connectivity index (χ4v) is 7.74. The number of aliphatic hydroxyl groups is 2. The molecule has 0 radical (unpaired) electrons. The van der Waals surface area contributed by atoms with Crippen molar-refractivity contribution in [3.05, 3.63) is 48.0 Å². The van der Waals surface area contributed by atoms with Gasteiger partial charge in [-0.15, -0.1) is 0 Å². The molecule has 188 valence electrons. The number of benzene rings is 1. The smallest absolute Gasteiger partial charge is 0.230 e. The Kier molecular flexibility index (Phi) is 4.99. The van der Waals surface area contributed by atoms with E-state index in [4.69, 9.17) is 9.47 Å². The molecule has 2 aliphatic carbocycles. The molecule has 4 fully saturated rings. The number of rotatable bonds is 2. The van der Waals surface area contributed by atoms with Crippen LogP contribution in [0.5, 0.6) is 0 Å². The maximum absolute atomic E-state index is 14.0. The molecular weight excluding hydrogens is 446 g/mol. The van der Waals surface area contributed by atoms with E-state index in [1.54, 1.807) is 6.92 Å². The molecule has 1 aromatic carbocycles. The fourth-order valence-electron chi connectivity index (χ4n) is 7.74. The Bertz CT molecular complexity index is 1090. The predicted molar refractivity (Wildman–Crippen MR) is 127 cm³/mol. The third kappa shape index (κ3) is 3.05. The maximum Gasteiger partial charge on any atom is 0.230 e. The molecule has 7 nitrogen and oxygen atoms in total. The molecule has 1 aromatic rings. The van der Waals surface area contributed by atoms with Crippen molar-refractivity contribution in [1.82, 2.24) is 5.32 Å². The molecule has 3 heterocycles. The normalized spacial score (nSPS) is 53.3. The van der Waals surface area contributed by atoms with Crippen LogP contribution in [0.4, 0.5) is 0 Å². The van der Waals surface area contributed by atoms with Crippen molar-refractivity contribution in [2.45, 2.75) is 82.2 Å². The number of allylic oxidation sites excluding steroid dienone is 1. The second-order valence-corrected chi connectivity index (χ2v) is 11.8. The average Bonchev–Trinajstić information content (AvgIpc) is 3.73. The molecule has 0 bridgehead atoms. The Balaban J connectivity index is 1.47. The summed E-state index contributed by atoms with van der Waals surface area (Å²) in [6.07, 6.45) is 1.98. The molecule has 3 N–H and O–H groups in total. The second kappa shape index (κ2) is 7.48. The van der Waals surface area contributed by atoms with Gasteiger partial charge in [0.25, 0.3) is 0 Å². The van der Waals surface area contributed by atoms with Crippen LogP contribution in [-0.4, -0.2) is 63.6 Å². The van der Waals surface area contributed by atoms with Gasteiger partial charge < -0.3 is 25.0 Å². The van der Waals surface area contributed by atoms with Crippen LogP contribution < -0.4 is 5.32 Å². The van der Waals surface area contributed by atoms with Crippen molar-refractivity contribution in [1.29, 1.82) is 0 Å². The van der Waals surface area contributed by atoms with Crippen molar-refractivity contribution in [2.24, 2.45) is 29.1 Å². The number of ketones is 1. The number of Topliss-reactive ketones (excluding diaryl/α,β-unsaturated/α-hetero) is 1. The number of hydrogen-bond donors (Lipinski definition) is 3. The van der Waals surface area contributed by atoms with E-state index in [1.165, 1.54) is 6.92 Å². The van der Waals surface area contributed by atoms with Crippen LogP contribution >= 0.6 is 0 Å². The molecule has 35 heavy (non-hydrogen) atoms. The number of ether oxygens (including phenoxy) is 2. The lowest BCUT2D eigenvalue weighted by molar-refractivity contribution is -0.148. The number of carbonyl (C=O) groups excluding carboxylic acids is 2. The van der Waals surface area contributed by atoms with Crippen molar-refractivity contribution < 1.29 is 29.3 Å². The lowest BCUT2D eigenvalue weighted by Gasteiger charge is -2.49. The third-order valence-corrected chi connectivity index (χ3v) is 9.86. The van der Waals surface area contributed by atoms with Gasteiger partial charge in [0.2, 0.25) is 5.91 Å². The van der Waals surface area contributed by atoms with E-state index >= 15 is 0 Å². The average molecular weight is 482 g/mol. The molecular formula is C28H35NO6. The first-order chi connectivity index (χ1) is 16.5. The van der Waals surface area contributed by atoms with Crippen LogP contribution in [0.1, 0.15) is 39.7 Å². The molecule has 1 amide bonds. The van der Waals surface area contributed by atoms with E-state index in [-0.39, 0.29) is 47.2 Å². The summed E-state index contributed by atoms with van der Waals surface area (Å²) in [5.74, 6) is -1.48. The highest BCUT2D eigenvalue weighted by Gasteiger charge is 2.80. The van der Waals surface area contributed by atoms with Gasteiger partial charge in [0.05, 0.1) is 23.2 Å². The molecule has 2 unspecified atom stereocenters. The van der Waals surface area contributed by atoms with Gasteiger partial charge in [-0.05, 0) is 38.2 Å². The number of hydrogen-bond acceptors (Lipinski definition) is 6. The van der Waals surface area contributed by atoms with E-state index in [0.29, 0.717) is 12.8 Å². The summed E-state index contributed by atoms with van der Waals surface area (Å²) < 4.78 is 12.1. The Morgan fingerprint density at radius 1 is 1.11 bits per heavy atom. The third-order valence-electron chi connectivity index (χ3n) is 9.86. The van der Waals surface area contributed by atoms with Crippen LogP contribution in [0.25, 0.3) is 0 Å². The van der Waals surface area contributed by atoms with Gasteiger partial charge in [-0.2, -0.15) is 0 Å². The number of nitrogens with one attached hydrogen (secondary N) is 1. The molecule has 6 rings (SSSR count). The molecule has 3 saturated heterocycles. The molecule has 1 saturated carbocycles. The minimum absolute atomic E-state index is 0.00264. The minimum atomic E-state index is -1.73. The zero-order valence-electron chi connectivity index (χ0n) is 20.7. The topological polar surface area (TPSA) is 112 Å². The van der Waals surface area contributed by atoms with Crippen molar-refractivity contribution in [2.75, 3.05) is 0 Å². The van der Waals surface area contributed by atoms with E-state index in [1.807, 2.05) is 30.4 Å². The summed E-state index contributed by atoms with van der Waals surface area (Å²) in [6, 6.07) is 9.87. The van der Waals surface area contributed by atoms with Gasteiger partial charge in [-0.3, -0.25) is 9.59 Å². The van der Waals surface area contributed by atoms with Crippen LogP contribution in [-0.2, 0) is 25.5 Å². The Morgan fingerprint density at radius 2 is 1.83 bits per heavy atom. The molecule has 5 aliphatic rings. The van der Waals surface area contributed by atoms with Gasteiger partial charge in [0.15, 0.2) is 5.78 Å². The monoisotopic (exact) mass is 481 g/mol. The highest BCUT2D eigenvalue weighted by atomic mass is 16.6. The first-order valence-electron chi connectivity index (χ1n) is 12.8. The molecule has 7 heteroatoms. The zero-order chi connectivity index (χ0) is 24.9. The Hall–Kier alpha value is -2.06. The maximum atomic E-state index is 14.0. The van der Waals surface area contributed by atoms with Gasteiger partial charge in [0.1, 0.15) is 17.8 Å². The summed E-state index contributed by atoms with van der Waals surface area (Å²) in [5.41, 5.74) is -2.18. The summed E-state index contributed by atoms with van der Waals surface area (Å²) in [7, 11) is 0. The van der Waals surface area contributed by atoms with E-state index in [0.717, 1.165) is 5.56 Å². The zero-order valence-corrected chi connectivity index (χ0v) is 20.7. The number of carbonyl (C=O) groups is 2. The Labute approximate surface area is 205 Å². The first kappa shape index (κ1) is 23.3. The van der Waals surface area contributed by atoms with Crippen molar-refractivity contribution >= 4 is 11.7 Å². The first-order valence-corrected chi connectivity index (χ1v) is 12.8. The van der Waals surface area contributed by atoms with Gasteiger partial charge in [-0.25, -0.2) is 0 Å². The number of epoxide rings is 2. The van der Waals surface area contributed by atoms with Crippen molar-refractivity contribution in [3.63, 3.8) is 0 Å². The minimum Gasteiger partial charge on any atom is -0.389 e. The molecule has 1 spiro atoms. The highest BCUT2D eigenvalue weighted by Crippen LogP contribution is 2.68. The largest absolute Gasteiger partial charge is 0.389 e. The van der Waals surface area contributed by atoms with Gasteiger partial charge in [0, 0.05) is 23.8 Å². The highest BCUT2D eigenvalue weighted by molar-refractivity contribution is 5.91. The predicted octanol–water partition coefficient (Wildman–Crippen LogP) is 1.80. The summed E-state index contributed by atoms with van der Waals surface area (Å²) in [5, 5.41) is 26.3. The van der Waals surface area contributed by atoms with E-state index < -0.39 is 35.2 Å². The molecule has 12 atom stereocenters. The van der Waals surface area contributed by atoms with Gasteiger partial charge in [-0.1, -0.05) is 56.3 Å². The van der Waals surface area contributed by atoms with Crippen molar-refractivity contribution in [3.8, 4) is 0 Å².